The first-order chi connectivity index (χ1) is 12.7. The molecule has 0 aliphatic rings. The minimum atomic E-state index is 0.532. The average molecular weight is 371 g/mol. The van der Waals surface area contributed by atoms with Crippen LogP contribution in [-0.2, 0) is 6.54 Å². The molecule has 3 rings (SSSR count). The maximum Gasteiger partial charge on any atom is 0.224 e. The summed E-state index contributed by atoms with van der Waals surface area (Å²) in [5.41, 5.74) is 1.92. The molecule has 0 unspecified atom stereocenters. The van der Waals surface area contributed by atoms with E-state index in [1.807, 2.05) is 30.3 Å². The van der Waals surface area contributed by atoms with Crippen molar-refractivity contribution < 1.29 is 9.47 Å². The molecule has 0 spiro atoms. The Labute approximate surface area is 157 Å². The molecule has 26 heavy (non-hydrogen) atoms. The molecule has 3 aromatic rings. The van der Waals surface area contributed by atoms with Gasteiger partial charge in [-0.2, -0.15) is 4.98 Å². The zero-order valence-corrected chi connectivity index (χ0v) is 15.2. The van der Waals surface area contributed by atoms with Crippen molar-refractivity contribution in [3.8, 4) is 11.5 Å². The third-order valence-electron chi connectivity index (χ3n) is 3.69. The van der Waals surface area contributed by atoms with Crippen LogP contribution in [-0.4, -0.2) is 24.2 Å². The van der Waals surface area contributed by atoms with Crippen LogP contribution in [0.2, 0.25) is 5.02 Å². The molecule has 0 radical (unpaired) electrons. The second kappa shape index (κ2) is 8.40. The van der Waals surface area contributed by atoms with Crippen molar-refractivity contribution in [3.05, 3.63) is 65.3 Å². The van der Waals surface area contributed by atoms with Crippen LogP contribution < -0.4 is 20.1 Å². The predicted molar refractivity (Wildman–Crippen MR) is 104 cm³/mol. The van der Waals surface area contributed by atoms with Crippen molar-refractivity contribution in [2.24, 2.45) is 0 Å². The summed E-state index contributed by atoms with van der Waals surface area (Å²) in [7, 11) is 3.23. The molecule has 6 nitrogen and oxygen atoms in total. The minimum Gasteiger partial charge on any atom is -0.497 e. The van der Waals surface area contributed by atoms with E-state index in [4.69, 9.17) is 21.1 Å². The van der Waals surface area contributed by atoms with Crippen molar-refractivity contribution in [2.45, 2.75) is 6.54 Å². The molecule has 1 aromatic heterocycles. The summed E-state index contributed by atoms with van der Waals surface area (Å²) in [4.78, 5) is 8.70. The third kappa shape index (κ3) is 4.55. The van der Waals surface area contributed by atoms with E-state index in [2.05, 4.69) is 20.6 Å². The Morgan fingerprint density at radius 3 is 2.50 bits per heavy atom. The molecule has 0 saturated carbocycles. The number of nitrogens with one attached hydrogen (secondary N) is 2. The van der Waals surface area contributed by atoms with Crippen molar-refractivity contribution in [1.82, 2.24) is 9.97 Å². The summed E-state index contributed by atoms with van der Waals surface area (Å²) in [5.74, 6) is 2.65. The number of nitrogens with zero attached hydrogens (tertiary/aromatic N) is 2. The second-order valence-electron chi connectivity index (χ2n) is 5.44. The van der Waals surface area contributed by atoms with Crippen LogP contribution in [0.4, 0.5) is 17.5 Å². The maximum absolute atomic E-state index is 6.15. The lowest BCUT2D eigenvalue weighted by molar-refractivity contribution is 0.414. The van der Waals surface area contributed by atoms with Crippen LogP contribution >= 0.6 is 11.6 Å². The summed E-state index contributed by atoms with van der Waals surface area (Å²) in [5, 5.41) is 6.94. The molecule has 2 aromatic carbocycles. The summed E-state index contributed by atoms with van der Waals surface area (Å²) in [6, 6.07) is 15.1. The molecule has 0 aliphatic heterocycles. The molecular formula is C19H19ClN4O2. The van der Waals surface area contributed by atoms with Crippen LogP contribution in [0.3, 0.4) is 0 Å². The Morgan fingerprint density at radius 1 is 1.00 bits per heavy atom. The van der Waals surface area contributed by atoms with Crippen LogP contribution in [0.15, 0.2) is 54.7 Å². The summed E-state index contributed by atoms with van der Waals surface area (Å²) >= 11 is 6.15. The molecule has 0 aliphatic carbocycles. The second-order valence-corrected chi connectivity index (χ2v) is 5.85. The van der Waals surface area contributed by atoms with Crippen molar-refractivity contribution in [1.29, 1.82) is 0 Å². The molecule has 0 amide bonds. The number of hydrogen-bond acceptors (Lipinski definition) is 6. The molecular weight excluding hydrogens is 352 g/mol. The number of ether oxygens (including phenoxy) is 2. The average Bonchev–Trinajstić information content (AvgIpc) is 2.67. The molecule has 0 bridgehead atoms. The fraction of sp³-hybridized carbons (Fsp3) is 0.158. The van der Waals surface area contributed by atoms with Gasteiger partial charge in [0.15, 0.2) is 0 Å². The van der Waals surface area contributed by atoms with Crippen LogP contribution in [0.1, 0.15) is 5.56 Å². The third-order valence-corrected chi connectivity index (χ3v) is 3.98. The van der Waals surface area contributed by atoms with Crippen molar-refractivity contribution >= 4 is 29.1 Å². The highest BCUT2D eigenvalue weighted by Crippen LogP contribution is 2.28. The van der Waals surface area contributed by atoms with Gasteiger partial charge in [-0.3, -0.25) is 0 Å². The number of hydrogen-bond donors (Lipinski definition) is 2. The molecule has 0 saturated heterocycles. The highest BCUT2D eigenvalue weighted by atomic mass is 35.5. The van der Waals surface area contributed by atoms with Crippen LogP contribution in [0, 0.1) is 0 Å². The summed E-state index contributed by atoms with van der Waals surface area (Å²) < 4.78 is 10.3. The Kier molecular flexibility index (Phi) is 5.76. The van der Waals surface area contributed by atoms with Gasteiger partial charge < -0.3 is 20.1 Å². The topological polar surface area (TPSA) is 68.3 Å². The van der Waals surface area contributed by atoms with Crippen LogP contribution in [0.25, 0.3) is 0 Å². The Bertz CT molecular complexity index is 872. The first kappa shape index (κ1) is 17.8. The number of benzene rings is 2. The Hall–Kier alpha value is -2.99. The minimum absolute atomic E-state index is 0.532. The van der Waals surface area contributed by atoms with E-state index in [1.54, 1.807) is 38.6 Å². The quantitative estimate of drug-likeness (QED) is 0.638. The first-order valence-corrected chi connectivity index (χ1v) is 8.36. The van der Waals surface area contributed by atoms with Gasteiger partial charge in [0.05, 0.1) is 19.2 Å². The molecule has 1 heterocycles. The van der Waals surface area contributed by atoms with Gasteiger partial charge in [0.1, 0.15) is 17.3 Å². The Morgan fingerprint density at radius 2 is 1.81 bits per heavy atom. The molecule has 134 valence electrons. The molecule has 0 fully saturated rings. The van der Waals surface area contributed by atoms with E-state index in [9.17, 15) is 0 Å². The number of anilines is 3. The zero-order valence-electron chi connectivity index (χ0n) is 14.5. The zero-order chi connectivity index (χ0) is 18.4. The largest absolute Gasteiger partial charge is 0.497 e. The van der Waals surface area contributed by atoms with E-state index in [1.165, 1.54) is 0 Å². The van der Waals surface area contributed by atoms with Crippen molar-refractivity contribution in [3.63, 3.8) is 0 Å². The highest BCUT2D eigenvalue weighted by Gasteiger charge is 2.04. The van der Waals surface area contributed by atoms with E-state index in [-0.39, 0.29) is 0 Å². The number of methoxy groups -OCH3 is 2. The first-order valence-electron chi connectivity index (χ1n) is 7.98. The lowest BCUT2D eigenvalue weighted by Crippen LogP contribution is -2.05. The Balaban J connectivity index is 1.64. The molecule has 0 atom stereocenters. The highest BCUT2D eigenvalue weighted by molar-refractivity contribution is 6.32. The van der Waals surface area contributed by atoms with Gasteiger partial charge in [0.25, 0.3) is 0 Å². The summed E-state index contributed by atoms with van der Waals surface area (Å²) in [6.07, 6.45) is 1.69. The normalized spacial score (nSPS) is 10.3. The van der Waals surface area contributed by atoms with Gasteiger partial charge in [-0.25, -0.2) is 4.98 Å². The van der Waals surface area contributed by atoms with Gasteiger partial charge in [-0.05, 0) is 42.0 Å². The van der Waals surface area contributed by atoms with E-state index in [0.29, 0.717) is 29.1 Å². The standard InChI is InChI=1S/C19H19ClN4O2/c1-25-15-6-3-13(4-7-15)12-22-19-21-10-9-18(24-19)23-14-5-8-17(26-2)16(20)11-14/h3-11H,12H2,1-2H3,(H2,21,22,23,24). The van der Waals surface area contributed by atoms with Gasteiger partial charge in [-0.15, -0.1) is 0 Å². The van der Waals surface area contributed by atoms with E-state index < -0.39 is 0 Å². The maximum atomic E-state index is 6.15. The van der Waals surface area contributed by atoms with Gasteiger partial charge in [0, 0.05) is 18.4 Å². The lowest BCUT2D eigenvalue weighted by Gasteiger charge is -2.10. The molecule has 2 N–H and O–H groups in total. The van der Waals surface area contributed by atoms with Gasteiger partial charge in [0.2, 0.25) is 5.95 Å². The SMILES string of the molecule is COc1ccc(CNc2nccc(Nc3ccc(OC)c(Cl)c3)n2)cc1. The number of rotatable bonds is 7. The van der Waals surface area contributed by atoms with E-state index >= 15 is 0 Å². The van der Waals surface area contributed by atoms with Crippen LogP contribution in [0.5, 0.6) is 11.5 Å². The lowest BCUT2D eigenvalue weighted by atomic mass is 10.2. The van der Waals surface area contributed by atoms with Gasteiger partial charge in [-0.1, -0.05) is 23.7 Å². The van der Waals surface area contributed by atoms with Gasteiger partial charge >= 0.3 is 0 Å². The summed E-state index contributed by atoms with van der Waals surface area (Å²) in [6.45, 7) is 0.613. The smallest absolute Gasteiger partial charge is 0.224 e. The number of halogens is 1. The fourth-order valence-electron chi connectivity index (χ4n) is 2.33. The van der Waals surface area contributed by atoms with E-state index in [0.717, 1.165) is 17.0 Å². The predicted octanol–water partition coefficient (Wildman–Crippen LogP) is 4.50. The number of aromatic nitrogens is 2. The van der Waals surface area contributed by atoms with Crippen molar-refractivity contribution in [2.75, 3.05) is 24.9 Å². The fourth-order valence-corrected chi connectivity index (χ4v) is 2.59. The molecule has 7 heteroatoms. The monoisotopic (exact) mass is 370 g/mol.